The molecule has 1 saturated heterocycles. The van der Waals surface area contributed by atoms with E-state index in [1.807, 2.05) is 37.8 Å². The highest BCUT2D eigenvalue weighted by Gasteiger charge is 2.34. The second kappa shape index (κ2) is 10.8. The summed E-state index contributed by atoms with van der Waals surface area (Å²) in [5.41, 5.74) is 1.94. The van der Waals surface area contributed by atoms with Gasteiger partial charge < -0.3 is 20.2 Å². The number of carbonyl (C=O) groups excluding carboxylic acids is 2. The minimum Gasteiger partial charge on any atom is -0.393 e. The van der Waals surface area contributed by atoms with Gasteiger partial charge in [-0.1, -0.05) is 13.8 Å². The van der Waals surface area contributed by atoms with E-state index in [1.54, 1.807) is 6.07 Å². The molecular weight excluding hydrogens is 404 g/mol. The summed E-state index contributed by atoms with van der Waals surface area (Å²) in [6.07, 6.45) is 4.76. The molecule has 1 saturated carbocycles. The highest BCUT2D eigenvalue weighted by Crippen LogP contribution is 2.31. The number of nitrogens with one attached hydrogen (secondary N) is 1. The Bertz CT molecular complexity index is 855. The summed E-state index contributed by atoms with van der Waals surface area (Å²) >= 11 is 0. The summed E-state index contributed by atoms with van der Waals surface area (Å²) in [7, 11) is 0. The molecule has 0 aromatic heterocycles. The Morgan fingerprint density at radius 1 is 1.25 bits per heavy atom. The largest absolute Gasteiger partial charge is 0.393 e. The average molecular weight is 441 g/mol. The molecule has 1 aliphatic heterocycles. The maximum Gasteiger partial charge on any atom is 0.227 e. The smallest absolute Gasteiger partial charge is 0.227 e. The lowest BCUT2D eigenvalue weighted by Crippen LogP contribution is -2.49. The van der Waals surface area contributed by atoms with Crippen LogP contribution >= 0.6 is 0 Å². The first kappa shape index (κ1) is 24.1. The lowest BCUT2D eigenvalue weighted by Gasteiger charge is -2.40. The topological polar surface area (TPSA) is 96.7 Å². The van der Waals surface area contributed by atoms with Gasteiger partial charge in [-0.15, -0.1) is 0 Å². The molecule has 1 aromatic rings. The molecule has 1 aliphatic carbocycles. The van der Waals surface area contributed by atoms with Crippen LogP contribution in [-0.2, 0) is 9.59 Å². The maximum absolute atomic E-state index is 13.4. The standard InChI is InChI=1S/C25H36N4O3/c1-4-29(21-8-10-22(30)11-9-21)25(32)18-6-5-13-28(16-18)23-12-7-20(14-19(23)15-26)27-24(31)17(2)3/h7,12,14,17-18,21-22,30H,4-6,8-11,13,16H2,1-3H3,(H,27,31)/t18-,21?,22?/m0/s1. The van der Waals surface area contributed by atoms with Crippen molar-refractivity contribution in [3.8, 4) is 6.07 Å². The fourth-order valence-corrected chi connectivity index (χ4v) is 4.86. The summed E-state index contributed by atoms with van der Waals surface area (Å²) in [6, 6.07) is 7.89. The monoisotopic (exact) mass is 440 g/mol. The van der Waals surface area contributed by atoms with Crippen molar-refractivity contribution in [1.29, 1.82) is 5.26 Å². The van der Waals surface area contributed by atoms with Crippen LogP contribution in [0, 0.1) is 23.2 Å². The molecule has 0 unspecified atom stereocenters. The van der Waals surface area contributed by atoms with Gasteiger partial charge in [0.2, 0.25) is 11.8 Å². The van der Waals surface area contributed by atoms with Gasteiger partial charge in [0.1, 0.15) is 6.07 Å². The third kappa shape index (κ3) is 5.60. The van der Waals surface area contributed by atoms with Crippen molar-refractivity contribution in [3.63, 3.8) is 0 Å². The molecule has 1 heterocycles. The number of aliphatic hydroxyl groups is 1. The molecule has 1 atom stereocenters. The number of carbonyl (C=O) groups is 2. The molecule has 7 heteroatoms. The van der Waals surface area contributed by atoms with Gasteiger partial charge in [0.25, 0.3) is 0 Å². The third-order valence-electron chi connectivity index (χ3n) is 6.75. The Hall–Kier alpha value is -2.59. The van der Waals surface area contributed by atoms with Crippen LogP contribution < -0.4 is 10.2 Å². The van der Waals surface area contributed by atoms with Crippen molar-refractivity contribution in [2.75, 3.05) is 29.9 Å². The fourth-order valence-electron chi connectivity index (χ4n) is 4.86. The zero-order valence-electron chi connectivity index (χ0n) is 19.5. The van der Waals surface area contributed by atoms with Gasteiger partial charge in [-0.25, -0.2) is 0 Å². The molecule has 2 fully saturated rings. The molecule has 0 spiro atoms. The van der Waals surface area contributed by atoms with Crippen LogP contribution in [-0.4, -0.2) is 53.6 Å². The molecule has 2 N–H and O–H groups in total. The van der Waals surface area contributed by atoms with E-state index in [2.05, 4.69) is 16.3 Å². The summed E-state index contributed by atoms with van der Waals surface area (Å²) in [5, 5.41) is 22.4. The number of amides is 2. The Labute approximate surface area is 191 Å². The number of rotatable bonds is 6. The van der Waals surface area contributed by atoms with Gasteiger partial charge in [-0.05, 0) is 63.6 Å². The Morgan fingerprint density at radius 2 is 1.97 bits per heavy atom. The van der Waals surface area contributed by atoms with Crippen molar-refractivity contribution in [1.82, 2.24) is 4.90 Å². The van der Waals surface area contributed by atoms with Crippen LogP contribution in [0.1, 0.15) is 64.9 Å². The molecular formula is C25H36N4O3. The Balaban J connectivity index is 1.71. The number of piperidine rings is 1. The normalized spacial score (nSPS) is 23.5. The van der Waals surface area contributed by atoms with E-state index in [0.717, 1.165) is 50.8 Å². The quantitative estimate of drug-likeness (QED) is 0.705. The first-order valence-electron chi connectivity index (χ1n) is 11.9. The molecule has 2 amide bonds. The summed E-state index contributed by atoms with van der Waals surface area (Å²) in [4.78, 5) is 29.5. The van der Waals surface area contributed by atoms with Crippen LogP contribution in [0.15, 0.2) is 18.2 Å². The van der Waals surface area contributed by atoms with Gasteiger partial charge in [0.05, 0.1) is 23.3 Å². The molecule has 1 aromatic carbocycles. The number of nitrogens with zero attached hydrogens (tertiary/aromatic N) is 3. The number of anilines is 2. The molecule has 3 rings (SSSR count). The van der Waals surface area contributed by atoms with Crippen LogP contribution in [0.5, 0.6) is 0 Å². The Morgan fingerprint density at radius 3 is 2.59 bits per heavy atom. The zero-order valence-corrected chi connectivity index (χ0v) is 19.5. The van der Waals surface area contributed by atoms with Gasteiger partial charge >= 0.3 is 0 Å². The summed E-state index contributed by atoms with van der Waals surface area (Å²) in [5.74, 6) is -0.122. The molecule has 0 radical (unpaired) electrons. The maximum atomic E-state index is 13.4. The van der Waals surface area contributed by atoms with E-state index in [-0.39, 0.29) is 35.8 Å². The number of nitriles is 1. The van der Waals surface area contributed by atoms with Crippen molar-refractivity contribution in [3.05, 3.63) is 23.8 Å². The molecule has 2 aliphatic rings. The van der Waals surface area contributed by atoms with Gasteiger partial charge in [-0.2, -0.15) is 5.26 Å². The minimum absolute atomic E-state index is 0.0832. The number of benzene rings is 1. The van der Waals surface area contributed by atoms with Crippen LogP contribution in [0.25, 0.3) is 0 Å². The van der Waals surface area contributed by atoms with Crippen molar-refractivity contribution in [2.45, 2.75) is 71.4 Å². The van der Waals surface area contributed by atoms with Gasteiger partial charge in [0.15, 0.2) is 0 Å². The lowest BCUT2D eigenvalue weighted by molar-refractivity contribution is -0.139. The number of hydrogen-bond acceptors (Lipinski definition) is 5. The predicted molar refractivity (Wildman–Crippen MR) is 125 cm³/mol. The SMILES string of the molecule is CCN(C(=O)[C@H]1CCCN(c2ccc(NC(=O)C(C)C)cc2C#N)C1)C1CCC(O)CC1. The summed E-state index contributed by atoms with van der Waals surface area (Å²) in [6.45, 7) is 7.77. The van der Waals surface area contributed by atoms with E-state index in [9.17, 15) is 20.0 Å². The zero-order chi connectivity index (χ0) is 23.3. The van der Waals surface area contributed by atoms with E-state index in [0.29, 0.717) is 24.3 Å². The van der Waals surface area contributed by atoms with Crippen LogP contribution in [0.4, 0.5) is 11.4 Å². The lowest BCUT2D eigenvalue weighted by atomic mass is 9.89. The van der Waals surface area contributed by atoms with Crippen molar-refractivity contribution in [2.24, 2.45) is 11.8 Å². The molecule has 7 nitrogen and oxygen atoms in total. The summed E-state index contributed by atoms with van der Waals surface area (Å²) < 4.78 is 0. The Kier molecular flexibility index (Phi) is 8.14. The number of aliphatic hydroxyl groups excluding tert-OH is 1. The van der Waals surface area contributed by atoms with E-state index < -0.39 is 0 Å². The predicted octanol–water partition coefficient (Wildman–Crippen LogP) is 3.52. The minimum atomic E-state index is -0.233. The average Bonchev–Trinajstić information content (AvgIpc) is 2.80. The van der Waals surface area contributed by atoms with E-state index >= 15 is 0 Å². The molecule has 0 bridgehead atoms. The first-order valence-corrected chi connectivity index (χ1v) is 11.9. The highest BCUT2D eigenvalue weighted by atomic mass is 16.3. The van der Waals surface area contributed by atoms with Crippen LogP contribution in [0.2, 0.25) is 0 Å². The van der Waals surface area contributed by atoms with E-state index in [4.69, 9.17) is 0 Å². The van der Waals surface area contributed by atoms with E-state index in [1.165, 1.54) is 0 Å². The molecule has 174 valence electrons. The van der Waals surface area contributed by atoms with Crippen molar-refractivity contribution >= 4 is 23.2 Å². The van der Waals surface area contributed by atoms with Gasteiger partial charge in [-0.3, -0.25) is 9.59 Å². The number of hydrogen-bond donors (Lipinski definition) is 2. The van der Waals surface area contributed by atoms with Crippen LogP contribution in [0.3, 0.4) is 0 Å². The van der Waals surface area contributed by atoms with Crippen molar-refractivity contribution < 1.29 is 14.7 Å². The second-order valence-corrected chi connectivity index (χ2v) is 9.36. The van der Waals surface area contributed by atoms with Gasteiger partial charge in [0, 0.05) is 37.3 Å². The third-order valence-corrected chi connectivity index (χ3v) is 6.75. The fraction of sp³-hybridized carbons (Fsp3) is 0.640. The highest BCUT2D eigenvalue weighted by molar-refractivity contribution is 5.92. The second-order valence-electron chi connectivity index (χ2n) is 9.36. The molecule has 32 heavy (non-hydrogen) atoms. The first-order chi connectivity index (χ1) is 15.3.